The second kappa shape index (κ2) is 8.20. The van der Waals surface area contributed by atoms with Gasteiger partial charge in [0.05, 0.1) is 12.2 Å². The third kappa shape index (κ3) is 4.46. The van der Waals surface area contributed by atoms with Crippen LogP contribution in [-0.2, 0) is 17.8 Å². The molecule has 0 radical (unpaired) electrons. The monoisotopic (exact) mass is 382 g/mol. The average Bonchev–Trinajstić information content (AvgIpc) is 3.14. The van der Waals surface area contributed by atoms with E-state index in [2.05, 4.69) is 24.1 Å². The van der Waals surface area contributed by atoms with Gasteiger partial charge < -0.3 is 19.5 Å². The summed E-state index contributed by atoms with van der Waals surface area (Å²) in [6, 6.07) is 13.5. The number of morpholine rings is 1. The number of nitrogens with one attached hydrogen (secondary N) is 1. The molecule has 0 spiro atoms. The fourth-order valence-electron chi connectivity index (χ4n) is 3.77. The van der Waals surface area contributed by atoms with Crippen molar-refractivity contribution in [3.63, 3.8) is 0 Å². The minimum Gasteiger partial charge on any atom is -0.454 e. The molecule has 0 bridgehead atoms. The number of carbonyl (C=O) groups excluding carboxylic acids is 1. The molecule has 2 aliphatic heterocycles. The van der Waals surface area contributed by atoms with Gasteiger partial charge in [-0.2, -0.15) is 0 Å². The van der Waals surface area contributed by atoms with Crippen LogP contribution in [0, 0.1) is 0 Å². The van der Waals surface area contributed by atoms with Crippen LogP contribution in [0.15, 0.2) is 42.5 Å². The summed E-state index contributed by atoms with van der Waals surface area (Å²) >= 11 is 0. The number of nitrogens with zero attached hydrogens (tertiary/aromatic N) is 1. The van der Waals surface area contributed by atoms with Crippen molar-refractivity contribution in [1.82, 2.24) is 10.2 Å². The van der Waals surface area contributed by atoms with E-state index in [9.17, 15) is 4.79 Å². The van der Waals surface area contributed by atoms with Gasteiger partial charge in [0.15, 0.2) is 11.5 Å². The molecule has 0 aliphatic carbocycles. The highest BCUT2D eigenvalue weighted by Gasteiger charge is 2.22. The van der Waals surface area contributed by atoms with Crippen LogP contribution in [0.4, 0.5) is 0 Å². The van der Waals surface area contributed by atoms with Crippen LogP contribution in [0.5, 0.6) is 11.5 Å². The summed E-state index contributed by atoms with van der Waals surface area (Å²) in [7, 11) is 0. The summed E-state index contributed by atoms with van der Waals surface area (Å²) in [5.74, 6) is 1.38. The van der Waals surface area contributed by atoms with Crippen LogP contribution in [0.1, 0.15) is 35.3 Å². The number of amides is 1. The van der Waals surface area contributed by atoms with Crippen molar-refractivity contribution in [2.75, 3.05) is 19.9 Å². The number of hydrogen-bond acceptors (Lipinski definition) is 5. The molecule has 2 aromatic rings. The van der Waals surface area contributed by atoms with Crippen LogP contribution in [0.2, 0.25) is 0 Å². The van der Waals surface area contributed by atoms with E-state index in [1.807, 2.05) is 42.5 Å². The zero-order chi connectivity index (χ0) is 19.5. The maximum absolute atomic E-state index is 12.4. The molecule has 1 N–H and O–H groups in total. The molecule has 6 nitrogen and oxygen atoms in total. The smallest absolute Gasteiger partial charge is 0.251 e. The molecular weight excluding hydrogens is 356 g/mol. The highest BCUT2D eigenvalue weighted by atomic mass is 16.7. The number of hydrogen-bond donors (Lipinski definition) is 1. The molecule has 4 rings (SSSR count). The highest BCUT2D eigenvalue weighted by molar-refractivity contribution is 5.94. The molecule has 2 aromatic carbocycles. The molecular formula is C22H26N2O4. The van der Waals surface area contributed by atoms with Gasteiger partial charge >= 0.3 is 0 Å². The average molecular weight is 382 g/mol. The van der Waals surface area contributed by atoms with Gasteiger partial charge in [-0.3, -0.25) is 9.69 Å². The Morgan fingerprint density at radius 3 is 2.43 bits per heavy atom. The van der Waals surface area contributed by atoms with E-state index in [0.717, 1.165) is 36.7 Å². The molecule has 2 heterocycles. The number of carbonyl (C=O) groups is 1. The number of benzene rings is 2. The van der Waals surface area contributed by atoms with Gasteiger partial charge in [-0.25, -0.2) is 0 Å². The molecule has 28 heavy (non-hydrogen) atoms. The van der Waals surface area contributed by atoms with E-state index in [0.29, 0.717) is 12.1 Å². The van der Waals surface area contributed by atoms with Crippen molar-refractivity contribution >= 4 is 5.91 Å². The summed E-state index contributed by atoms with van der Waals surface area (Å²) in [5.41, 5.74) is 2.84. The van der Waals surface area contributed by atoms with Gasteiger partial charge in [0.2, 0.25) is 6.79 Å². The number of ether oxygens (including phenoxy) is 3. The molecule has 1 amide bonds. The topological polar surface area (TPSA) is 60.0 Å². The first kappa shape index (κ1) is 18.8. The van der Waals surface area contributed by atoms with Gasteiger partial charge in [-0.05, 0) is 49.2 Å². The molecule has 148 valence electrons. The summed E-state index contributed by atoms with van der Waals surface area (Å²) in [6.45, 7) is 7.65. The maximum atomic E-state index is 12.4. The Morgan fingerprint density at radius 1 is 1.00 bits per heavy atom. The van der Waals surface area contributed by atoms with Gasteiger partial charge in [-0.15, -0.1) is 0 Å². The lowest BCUT2D eigenvalue weighted by Gasteiger charge is -2.35. The lowest BCUT2D eigenvalue weighted by atomic mass is 10.1. The van der Waals surface area contributed by atoms with E-state index < -0.39 is 0 Å². The summed E-state index contributed by atoms with van der Waals surface area (Å²) in [4.78, 5) is 14.8. The predicted octanol–water partition coefficient (Wildman–Crippen LogP) is 2.95. The fourth-order valence-corrected chi connectivity index (χ4v) is 3.77. The molecule has 2 atom stereocenters. The summed E-state index contributed by atoms with van der Waals surface area (Å²) in [6.07, 6.45) is 0.509. The Labute approximate surface area is 165 Å². The third-order valence-electron chi connectivity index (χ3n) is 5.01. The van der Waals surface area contributed by atoms with Crippen molar-refractivity contribution in [1.29, 1.82) is 0 Å². The SMILES string of the molecule is C[C@@H]1CN(Cc2ccc(C(=O)NCc3ccc4c(c3)OCO4)cc2)C[C@@H](C)O1. The van der Waals surface area contributed by atoms with Crippen molar-refractivity contribution in [3.05, 3.63) is 59.2 Å². The van der Waals surface area contributed by atoms with Crippen LogP contribution in [0.3, 0.4) is 0 Å². The summed E-state index contributed by atoms with van der Waals surface area (Å²) in [5, 5.41) is 2.96. The largest absolute Gasteiger partial charge is 0.454 e. The first-order valence-electron chi connectivity index (χ1n) is 9.70. The molecule has 1 fully saturated rings. The lowest BCUT2D eigenvalue weighted by Crippen LogP contribution is -2.44. The van der Waals surface area contributed by atoms with Crippen LogP contribution < -0.4 is 14.8 Å². The molecule has 1 saturated heterocycles. The second-order valence-corrected chi connectivity index (χ2v) is 7.52. The van der Waals surface area contributed by atoms with Crippen LogP contribution in [0.25, 0.3) is 0 Å². The standard InChI is InChI=1S/C22H26N2O4/c1-15-11-24(12-16(2)28-15)13-17-3-6-19(7-4-17)22(25)23-10-18-5-8-20-21(9-18)27-14-26-20/h3-9,15-16H,10-14H2,1-2H3,(H,23,25)/t15-,16-/m1/s1. The first-order chi connectivity index (χ1) is 13.6. The molecule has 2 aliphatic rings. The van der Waals surface area contributed by atoms with Crippen LogP contribution in [-0.4, -0.2) is 42.9 Å². The predicted molar refractivity (Wildman–Crippen MR) is 105 cm³/mol. The fraction of sp³-hybridized carbons (Fsp3) is 0.409. The van der Waals surface area contributed by atoms with E-state index >= 15 is 0 Å². The summed E-state index contributed by atoms with van der Waals surface area (Å²) < 4.78 is 16.5. The third-order valence-corrected chi connectivity index (χ3v) is 5.01. The Balaban J connectivity index is 1.31. The Hall–Kier alpha value is -2.57. The van der Waals surface area contributed by atoms with E-state index in [1.165, 1.54) is 5.56 Å². The van der Waals surface area contributed by atoms with Gasteiger partial charge in [-0.1, -0.05) is 18.2 Å². The molecule has 0 unspecified atom stereocenters. The quantitative estimate of drug-likeness (QED) is 0.862. The normalized spacial score (nSPS) is 21.5. The van der Waals surface area contributed by atoms with Gasteiger partial charge in [0, 0.05) is 31.7 Å². The Bertz CT molecular complexity index is 827. The lowest BCUT2D eigenvalue weighted by molar-refractivity contribution is -0.0704. The molecule has 0 saturated carbocycles. The molecule has 6 heteroatoms. The maximum Gasteiger partial charge on any atom is 0.251 e. The number of fused-ring (bicyclic) bond motifs is 1. The molecule has 0 aromatic heterocycles. The van der Waals surface area contributed by atoms with Crippen LogP contribution >= 0.6 is 0 Å². The Morgan fingerprint density at radius 2 is 1.68 bits per heavy atom. The zero-order valence-electron chi connectivity index (χ0n) is 16.3. The number of rotatable bonds is 5. The van der Waals surface area contributed by atoms with Crippen molar-refractivity contribution < 1.29 is 19.0 Å². The van der Waals surface area contributed by atoms with Gasteiger partial charge in [0.1, 0.15) is 0 Å². The highest BCUT2D eigenvalue weighted by Crippen LogP contribution is 2.32. The van der Waals surface area contributed by atoms with Crippen molar-refractivity contribution in [2.45, 2.75) is 39.1 Å². The zero-order valence-corrected chi connectivity index (χ0v) is 16.3. The first-order valence-corrected chi connectivity index (χ1v) is 9.70. The van der Waals surface area contributed by atoms with E-state index in [-0.39, 0.29) is 24.9 Å². The van der Waals surface area contributed by atoms with Crippen molar-refractivity contribution in [3.8, 4) is 11.5 Å². The minimum atomic E-state index is -0.0853. The van der Waals surface area contributed by atoms with E-state index in [1.54, 1.807) is 0 Å². The van der Waals surface area contributed by atoms with E-state index in [4.69, 9.17) is 14.2 Å². The Kier molecular flexibility index (Phi) is 5.50. The second-order valence-electron chi connectivity index (χ2n) is 7.52. The van der Waals surface area contributed by atoms with Gasteiger partial charge in [0.25, 0.3) is 5.91 Å². The van der Waals surface area contributed by atoms with Crippen molar-refractivity contribution in [2.24, 2.45) is 0 Å². The minimum absolute atomic E-state index is 0.0853.